The van der Waals surface area contributed by atoms with E-state index in [1.54, 1.807) is 24.5 Å². The van der Waals surface area contributed by atoms with E-state index in [2.05, 4.69) is 26.8 Å². The number of carbonyl (C=O) groups is 1. The van der Waals surface area contributed by atoms with Crippen LogP contribution in [-0.2, 0) is 6.67 Å². The standard InChI is InChI=1S/C15H19N3OS/c1-11-14(12(2)19)8-16-18(11)10-17-6-3-4-15(17)13-5-7-20-9-13/h5,7-9,15H,3-4,6,10H2,1-2H3/t15-/m0/s1. The molecule has 1 aliphatic heterocycles. The highest BCUT2D eigenvalue weighted by atomic mass is 32.1. The molecule has 5 heteroatoms. The number of rotatable bonds is 4. The van der Waals surface area contributed by atoms with Gasteiger partial charge in [-0.05, 0) is 49.1 Å². The minimum Gasteiger partial charge on any atom is -0.294 e. The van der Waals surface area contributed by atoms with Crippen LogP contribution >= 0.6 is 11.3 Å². The highest BCUT2D eigenvalue weighted by Gasteiger charge is 2.27. The minimum absolute atomic E-state index is 0.0876. The van der Waals surface area contributed by atoms with E-state index >= 15 is 0 Å². The van der Waals surface area contributed by atoms with Gasteiger partial charge in [0.2, 0.25) is 0 Å². The molecule has 1 aliphatic rings. The summed E-state index contributed by atoms with van der Waals surface area (Å²) in [4.78, 5) is 14.0. The summed E-state index contributed by atoms with van der Waals surface area (Å²) < 4.78 is 1.95. The number of likely N-dealkylation sites (tertiary alicyclic amines) is 1. The smallest absolute Gasteiger partial charge is 0.163 e. The molecule has 3 heterocycles. The third kappa shape index (κ3) is 2.43. The lowest BCUT2D eigenvalue weighted by molar-refractivity contribution is 0.101. The number of thiophene rings is 1. The summed E-state index contributed by atoms with van der Waals surface area (Å²) in [6, 6.07) is 2.70. The summed E-state index contributed by atoms with van der Waals surface area (Å²) in [5.41, 5.74) is 3.11. The molecular weight excluding hydrogens is 270 g/mol. The van der Waals surface area contributed by atoms with Crippen molar-refractivity contribution >= 4 is 17.1 Å². The Hall–Kier alpha value is -1.46. The van der Waals surface area contributed by atoms with Gasteiger partial charge in [0.1, 0.15) is 0 Å². The Kier molecular flexibility index (Phi) is 3.72. The van der Waals surface area contributed by atoms with Crippen LogP contribution in [0.25, 0.3) is 0 Å². The molecule has 3 rings (SSSR count). The fourth-order valence-electron chi connectivity index (χ4n) is 2.94. The maximum Gasteiger partial charge on any atom is 0.163 e. The Morgan fingerprint density at radius 3 is 3.05 bits per heavy atom. The molecule has 0 radical (unpaired) electrons. The molecule has 1 saturated heterocycles. The molecule has 0 aliphatic carbocycles. The van der Waals surface area contributed by atoms with Crippen LogP contribution in [0.5, 0.6) is 0 Å². The molecule has 0 amide bonds. The molecular formula is C15H19N3OS. The van der Waals surface area contributed by atoms with Crippen LogP contribution in [0.15, 0.2) is 23.0 Å². The van der Waals surface area contributed by atoms with Gasteiger partial charge >= 0.3 is 0 Å². The summed E-state index contributed by atoms with van der Waals surface area (Å²) in [5.74, 6) is 0.0876. The molecule has 106 valence electrons. The van der Waals surface area contributed by atoms with Crippen LogP contribution < -0.4 is 0 Å². The first-order chi connectivity index (χ1) is 9.66. The second-order valence-electron chi connectivity index (χ2n) is 5.37. The predicted molar refractivity (Wildman–Crippen MR) is 80.0 cm³/mol. The van der Waals surface area contributed by atoms with Crippen LogP contribution in [0.4, 0.5) is 0 Å². The maximum absolute atomic E-state index is 11.5. The maximum atomic E-state index is 11.5. The van der Waals surface area contributed by atoms with E-state index in [9.17, 15) is 4.79 Å². The topological polar surface area (TPSA) is 38.1 Å². The van der Waals surface area contributed by atoms with Crippen molar-refractivity contribution in [1.82, 2.24) is 14.7 Å². The van der Waals surface area contributed by atoms with Gasteiger partial charge in [0, 0.05) is 18.3 Å². The van der Waals surface area contributed by atoms with Gasteiger partial charge in [-0.2, -0.15) is 16.4 Å². The highest BCUT2D eigenvalue weighted by Crippen LogP contribution is 2.33. The lowest BCUT2D eigenvalue weighted by Gasteiger charge is -2.24. The molecule has 0 spiro atoms. The first-order valence-electron chi connectivity index (χ1n) is 6.96. The zero-order valence-electron chi connectivity index (χ0n) is 11.9. The van der Waals surface area contributed by atoms with E-state index in [-0.39, 0.29) is 5.78 Å². The van der Waals surface area contributed by atoms with Gasteiger partial charge in [0.25, 0.3) is 0 Å². The number of ketones is 1. The van der Waals surface area contributed by atoms with Gasteiger partial charge in [0.05, 0.1) is 18.4 Å². The second-order valence-corrected chi connectivity index (χ2v) is 6.15. The molecule has 0 bridgehead atoms. The van der Waals surface area contributed by atoms with Crippen molar-refractivity contribution in [2.24, 2.45) is 0 Å². The number of aromatic nitrogens is 2. The SMILES string of the molecule is CC(=O)c1cnn(CN2CCC[C@H]2c2ccsc2)c1C. The molecule has 0 aromatic carbocycles. The Balaban J connectivity index is 1.79. The van der Waals surface area contributed by atoms with Gasteiger partial charge in [0.15, 0.2) is 5.78 Å². The van der Waals surface area contributed by atoms with Crippen LogP contribution in [-0.4, -0.2) is 27.0 Å². The highest BCUT2D eigenvalue weighted by molar-refractivity contribution is 7.07. The van der Waals surface area contributed by atoms with E-state index in [1.165, 1.54) is 18.4 Å². The molecule has 1 fully saturated rings. The molecule has 4 nitrogen and oxygen atoms in total. The Morgan fingerprint density at radius 1 is 1.55 bits per heavy atom. The first kappa shape index (κ1) is 13.5. The number of hydrogen-bond donors (Lipinski definition) is 0. The largest absolute Gasteiger partial charge is 0.294 e. The van der Waals surface area contributed by atoms with Crippen LogP contribution in [0.1, 0.15) is 47.4 Å². The van der Waals surface area contributed by atoms with Crippen molar-refractivity contribution in [1.29, 1.82) is 0 Å². The monoisotopic (exact) mass is 289 g/mol. The number of Topliss-reactive ketones (excluding diaryl/α,β-unsaturated/α-hetero) is 1. The Morgan fingerprint density at radius 2 is 2.40 bits per heavy atom. The van der Waals surface area contributed by atoms with E-state index in [4.69, 9.17) is 0 Å². The average molecular weight is 289 g/mol. The summed E-state index contributed by atoms with van der Waals surface area (Å²) >= 11 is 1.75. The molecule has 1 atom stereocenters. The zero-order valence-corrected chi connectivity index (χ0v) is 12.7. The number of nitrogens with zero attached hydrogens (tertiary/aromatic N) is 3. The average Bonchev–Trinajstić information content (AvgIpc) is 3.12. The molecule has 2 aromatic rings. The van der Waals surface area contributed by atoms with Crippen molar-refractivity contribution in [2.45, 2.75) is 39.4 Å². The Labute approximate surface area is 123 Å². The summed E-state index contributed by atoms with van der Waals surface area (Å²) in [7, 11) is 0. The molecule has 0 saturated carbocycles. The summed E-state index contributed by atoms with van der Waals surface area (Å²) in [5, 5.41) is 8.75. The van der Waals surface area contributed by atoms with Crippen molar-refractivity contribution in [2.75, 3.05) is 6.54 Å². The van der Waals surface area contributed by atoms with Crippen LogP contribution in [0, 0.1) is 6.92 Å². The van der Waals surface area contributed by atoms with Gasteiger partial charge in [-0.3, -0.25) is 14.4 Å². The van der Waals surface area contributed by atoms with Crippen molar-refractivity contribution in [3.8, 4) is 0 Å². The van der Waals surface area contributed by atoms with Gasteiger partial charge in [-0.15, -0.1) is 0 Å². The zero-order chi connectivity index (χ0) is 14.1. The summed E-state index contributed by atoms with van der Waals surface area (Å²) in [6.07, 6.45) is 4.12. The first-order valence-corrected chi connectivity index (χ1v) is 7.90. The molecule has 0 N–H and O–H groups in total. The van der Waals surface area contributed by atoms with E-state index < -0.39 is 0 Å². The minimum atomic E-state index is 0.0876. The third-order valence-corrected chi connectivity index (χ3v) is 4.79. The predicted octanol–water partition coefficient (Wildman–Crippen LogP) is 3.25. The van der Waals surface area contributed by atoms with Gasteiger partial charge < -0.3 is 0 Å². The lowest BCUT2D eigenvalue weighted by atomic mass is 10.1. The van der Waals surface area contributed by atoms with E-state index in [0.717, 1.165) is 24.5 Å². The Bertz CT molecular complexity index is 603. The number of carbonyl (C=O) groups excluding carboxylic acids is 1. The fraction of sp³-hybridized carbons (Fsp3) is 0.467. The van der Waals surface area contributed by atoms with Gasteiger partial charge in [-0.25, -0.2) is 0 Å². The molecule has 20 heavy (non-hydrogen) atoms. The van der Waals surface area contributed by atoms with Crippen molar-refractivity contribution in [3.05, 3.63) is 39.8 Å². The van der Waals surface area contributed by atoms with Crippen molar-refractivity contribution < 1.29 is 4.79 Å². The quantitative estimate of drug-likeness (QED) is 0.811. The molecule has 2 aromatic heterocycles. The van der Waals surface area contributed by atoms with Gasteiger partial charge in [-0.1, -0.05) is 0 Å². The van der Waals surface area contributed by atoms with E-state index in [1.807, 2.05) is 11.6 Å². The lowest BCUT2D eigenvalue weighted by Crippen LogP contribution is -2.27. The third-order valence-electron chi connectivity index (χ3n) is 4.09. The number of hydrogen-bond acceptors (Lipinski definition) is 4. The summed E-state index contributed by atoms with van der Waals surface area (Å²) in [6.45, 7) is 5.42. The van der Waals surface area contributed by atoms with Crippen LogP contribution in [0.3, 0.4) is 0 Å². The van der Waals surface area contributed by atoms with Crippen LogP contribution in [0.2, 0.25) is 0 Å². The van der Waals surface area contributed by atoms with E-state index in [0.29, 0.717) is 6.04 Å². The second kappa shape index (κ2) is 5.50. The van der Waals surface area contributed by atoms with Crippen molar-refractivity contribution in [3.63, 3.8) is 0 Å². The fourth-order valence-corrected chi connectivity index (χ4v) is 3.65. The normalized spacial score (nSPS) is 19.6. The molecule has 0 unspecified atom stereocenters.